The summed E-state index contributed by atoms with van der Waals surface area (Å²) in [7, 11) is 1.00. The molecule has 6 unspecified atom stereocenters. The fourth-order valence-corrected chi connectivity index (χ4v) is 7.34. The van der Waals surface area contributed by atoms with E-state index in [0.717, 1.165) is 43.6 Å². The van der Waals surface area contributed by atoms with Gasteiger partial charge >= 0.3 is 0 Å². The molecule has 4 aliphatic carbocycles. The highest BCUT2D eigenvalue weighted by Gasteiger charge is 2.58. The molecule has 6 atom stereocenters. The lowest BCUT2D eigenvalue weighted by atomic mass is 9.47. The van der Waals surface area contributed by atoms with Crippen LogP contribution in [-0.4, -0.2) is 18.0 Å². The van der Waals surface area contributed by atoms with Crippen molar-refractivity contribution in [3.63, 3.8) is 0 Å². The minimum absolute atomic E-state index is 0.350. The number of ketones is 1. The lowest BCUT2D eigenvalue weighted by Crippen LogP contribution is -2.50. The second-order valence-electron chi connectivity index (χ2n) is 9.20. The van der Waals surface area contributed by atoms with Gasteiger partial charge in [0, 0.05) is 13.5 Å². The minimum Gasteiger partial charge on any atom is -0.400 e. The van der Waals surface area contributed by atoms with E-state index in [0.29, 0.717) is 16.6 Å². The zero-order chi connectivity index (χ0) is 17.5. The molecule has 4 rings (SSSR count). The second-order valence-corrected chi connectivity index (χ2v) is 9.20. The van der Waals surface area contributed by atoms with Crippen molar-refractivity contribution in [2.24, 2.45) is 34.5 Å². The van der Waals surface area contributed by atoms with Crippen LogP contribution in [0.5, 0.6) is 0 Å². The molecule has 0 aromatic carbocycles. The average Bonchev–Trinajstić information content (AvgIpc) is 2.93. The van der Waals surface area contributed by atoms with E-state index in [-0.39, 0.29) is 0 Å². The summed E-state index contributed by atoms with van der Waals surface area (Å²) in [6, 6.07) is 0. The van der Waals surface area contributed by atoms with E-state index in [1.807, 2.05) is 6.08 Å². The Labute approximate surface area is 148 Å². The van der Waals surface area contributed by atoms with Gasteiger partial charge in [0.1, 0.15) is 0 Å². The number of rotatable bonds is 1. The van der Waals surface area contributed by atoms with E-state index in [2.05, 4.69) is 20.8 Å². The summed E-state index contributed by atoms with van der Waals surface area (Å²) in [5, 5.41) is 7.00. The molecule has 0 saturated heterocycles. The highest BCUT2D eigenvalue weighted by molar-refractivity contribution is 5.91. The Morgan fingerprint density at radius 3 is 2.50 bits per heavy atom. The molecule has 0 radical (unpaired) electrons. The molecule has 0 spiro atoms. The molecule has 136 valence electrons. The summed E-state index contributed by atoms with van der Waals surface area (Å²) in [6.45, 7) is 7.52. The van der Waals surface area contributed by atoms with Crippen LogP contribution in [0.3, 0.4) is 0 Å². The van der Waals surface area contributed by atoms with Gasteiger partial charge in [-0.1, -0.05) is 32.8 Å². The van der Waals surface area contributed by atoms with Crippen molar-refractivity contribution in [3.05, 3.63) is 11.6 Å². The Kier molecular flexibility index (Phi) is 4.99. The normalized spacial score (nSPS) is 46.9. The van der Waals surface area contributed by atoms with Crippen molar-refractivity contribution in [1.82, 2.24) is 0 Å². The van der Waals surface area contributed by atoms with Gasteiger partial charge in [-0.15, -0.1) is 0 Å². The first-order chi connectivity index (χ1) is 11.5. The number of hydrogen-bond donors (Lipinski definition) is 1. The van der Waals surface area contributed by atoms with Crippen LogP contribution in [-0.2, 0) is 4.79 Å². The number of aliphatic hydroxyl groups excluding tert-OH is 1. The summed E-state index contributed by atoms with van der Waals surface area (Å²) in [5.74, 6) is 4.11. The summed E-state index contributed by atoms with van der Waals surface area (Å²) >= 11 is 0. The minimum atomic E-state index is 0.350. The molecule has 0 aromatic rings. The van der Waals surface area contributed by atoms with Gasteiger partial charge in [-0.25, -0.2) is 0 Å². The third kappa shape index (κ3) is 2.52. The lowest BCUT2D eigenvalue weighted by molar-refractivity contribution is -0.117. The first-order valence-corrected chi connectivity index (χ1v) is 10.2. The Hall–Kier alpha value is -0.630. The molecule has 0 amide bonds. The number of aliphatic hydroxyl groups is 1. The highest BCUT2D eigenvalue weighted by atomic mass is 16.2. The van der Waals surface area contributed by atoms with E-state index < -0.39 is 0 Å². The quantitative estimate of drug-likeness (QED) is 0.720. The maximum absolute atomic E-state index is 11.9. The average molecular weight is 333 g/mol. The van der Waals surface area contributed by atoms with Gasteiger partial charge < -0.3 is 5.11 Å². The zero-order valence-corrected chi connectivity index (χ0v) is 16.1. The standard InChI is InChI=1S/C21H32O.CH4O/c1-4-14-6-8-18-17-7-5-15-13-16(22)9-11-21(15,3)19(17)10-12-20(14,18)2;1-2/h13-14,17-19H,4-12H2,1-3H3;2H,1H3. The van der Waals surface area contributed by atoms with E-state index in [4.69, 9.17) is 5.11 Å². The van der Waals surface area contributed by atoms with E-state index >= 15 is 0 Å². The monoisotopic (exact) mass is 332 g/mol. The fourth-order valence-electron chi connectivity index (χ4n) is 7.34. The summed E-state index contributed by atoms with van der Waals surface area (Å²) in [5.41, 5.74) is 2.49. The zero-order valence-electron chi connectivity index (χ0n) is 16.1. The van der Waals surface area contributed by atoms with Crippen LogP contribution in [0.1, 0.15) is 78.6 Å². The smallest absolute Gasteiger partial charge is 0.155 e. The molecule has 4 aliphatic rings. The maximum Gasteiger partial charge on any atom is 0.155 e. The molecular formula is C22H36O2. The maximum atomic E-state index is 11.9. The first kappa shape index (κ1) is 18.2. The predicted octanol–water partition coefficient (Wildman–Crippen LogP) is 5.15. The van der Waals surface area contributed by atoms with E-state index in [1.54, 1.807) is 0 Å². The number of allylic oxidation sites excluding steroid dienone is 1. The van der Waals surface area contributed by atoms with Gasteiger partial charge in [-0.05, 0) is 85.5 Å². The molecular weight excluding hydrogens is 296 g/mol. The van der Waals surface area contributed by atoms with Crippen LogP contribution in [0.25, 0.3) is 0 Å². The van der Waals surface area contributed by atoms with E-state index in [9.17, 15) is 4.79 Å². The Morgan fingerprint density at radius 1 is 1.04 bits per heavy atom. The summed E-state index contributed by atoms with van der Waals surface area (Å²) in [4.78, 5) is 11.9. The number of carbonyl (C=O) groups excluding carboxylic acids is 1. The summed E-state index contributed by atoms with van der Waals surface area (Å²) in [6.07, 6.45) is 13.7. The van der Waals surface area contributed by atoms with Crippen molar-refractivity contribution < 1.29 is 9.90 Å². The van der Waals surface area contributed by atoms with Crippen molar-refractivity contribution in [3.8, 4) is 0 Å². The second kappa shape index (κ2) is 6.59. The largest absolute Gasteiger partial charge is 0.400 e. The Morgan fingerprint density at radius 2 is 1.79 bits per heavy atom. The molecule has 24 heavy (non-hydrogen) atoms. The van der Waals surface area contributed by atoms with Gasteiger partial charge in [-0.3, -0.25) is 4.79 Å². The van der Waals surface area contributed by atoms with Gasteiger partial charge in [0.05, 0.1) is 0 Å². The SMILES string of the molecule is CCC1CCC2C3CCC4=CC(=O)CCC4(C)C3CCC12C.CO. The topological polar surface area (TPSA) is 37.3 Å². The molecule has 0 aromatic heterocycles. The van der Waals surface area contributed by atoms with Gasteiger partial charge in [0.15, 0.2) is 5.78 Å². The third-order valence-corrected chi connectivity index (χ3v) is 8.65. The molecule has 2 nitrogen and oxygen atoms in total. The number of fused-ring (bicyclic) bond motifs is 5. The van der Waals surface area contributed by atoms with Crippen molar-refractivity contribution >= 4 is 5.78 Å². The Bertz CT molecular complexity index is 522. The van der Waals surface area contributed by atoms with Crippen molar-refractivity contribution in [2.75, 3.05) is 7.11 Å². The van der Waals surface area contributed by atoms with Crippen LogP contribution in [0.2, 0.25) is 0 Å². The summed E-state index contributed by atoms with van der Waals surface area (Å²) < 4.78 is 0. The van der Waals surface area contributed by atoms with Crippen molar-refractivity contribution in [2.45, 2.75) is 78.6 Å². The molecule has 0 heterocycles. The lowest BCUT2D eigenvalue weighted by Gasteiger charge is -2.58. The van der Waals surface area contributed by atoms with Crippen LogP contribution in [0.15, 0.2) is 11.6 Å². The van der Waals surface area contributed by atoms with Crippen molar-refractivity contribution in [1.29, 1.82) is 0 Å². The van der Waals surface area contributed by atoms with Crippen LogP contribution >= 0.6 is 0 Å². The molecule has 0 bridgehead atoms. The van der Waals surface area contributed by atoms with Gasteiger partial charge in [0.2, 0.25) is 0 Å². The molecule has 1 N–H and O–H groups in total. The van der Waals surface area contributed by atoms with Crippen LogP contribution in [0.4, 0.5) is 0 Å². The van der Waals surface area contributed by atoms with Crippen LogP contribution < -0.4 is 0 Å². The molecule has 3 fully saturated rings. The van der Waals surface area contributed by atoms with E-state index in [1.165, 1.54) is 50.5 Å². The number of hydrogen-bond acceptors (Lipinski definition) is 2. The first-order valence-electron chi connectivity index (χ1n) is 10.2. The molecule has 3 saturated carbocycles. The number of carbonyl (C=O) groups is 1. The van der Waals surface area contributed by atoms with Gasteiger partial charge in [-0.2, -0.15) is 0 Å². The fraction of sp³-hybridized carbons (Fsp3) is 0.864. The molecule has 0 aliphatic heterocycles. The third-order valence-electron chi connectivity index (χ3n) is 8.65. The highest BCUT2D eigenvalue weighted by Crippen LogP contribution is 2.66. The predicted molar refractivity (Wildman–Crippen MR) is 98.6 cm³/mol. The van der Waals surface area contributed by atoms with Gasteiger partial charge in [0.25, 0.3) is 0 Å². The Balaban J connectivity index is 0.000000815. The van der Waals surface area contributed by atoms with Crippen LogP contribution in [0, 0.1) is 34.5 Å². The molecule has 2 heteroatoms.